The number of rotatable bonds is 5. The van der Waals surface area contributed by atoms with Gasteiger partial charge in [-0.3, -0.25) is 19.7 Å². The highest BCUT2D eigenvalue weighted by molar-refractivity contribution is 6.05. The second-order valence-electron chi connectivity index (χ2n) is 6.41. The van der Waals surface area contributed by atoms with Gasteiger partial charge in [0.1, 0.15) is 6.04 Å². The maximum Gasteiger partial charge on any atom is 0.255 e. The summed E-state index contributed by atoms with van der Waals surface area (Å²) in [6.45, 7) is 3.66. The van der Waals surface area contributed by atoms with Gasteiger partial charge in [-0.2, -0.15) is 0 Å². The summed E-state index contributed by atoms with van der Waals surface area (Å²) >= 11 is 0. The van der Waals surface area contributed by atoms with E-state index in [1.807, 2.05) is 25.1 Å². The van der Waals surface area contributed by atoms with Crippen LogP contribution in [0.2, 0.25) is 0 Å². The van der Waals surface area contributed by atoms with Crippen molar-refractivity contribution in [2.24, 2.45) is 5.73 Å². The highest BCUT2D eigenvalue weighted by Crippen LogP contribution is 2.28. The summed E-state index contributed by atoms with van der Waals surface area (Å²) in [7, 11) is 0. The normalized spacial score (nSPS) is 21.7. The lowest BCUT2D eigenvalue weighted by molar-refractivity contribution is -0.136. The number of nitrogens with zero attached hydrogens (tertiary/aromatic N) is 1. The Labute approximate surface area is 140 Å². The number of carbonyl (C=O) groups is 3. The van der Waals surface area contributed by atoms with E-state index >= 15 is 0 Å². The number of hydrogen-bond acceptors (Lipinski definition) is 5. The van der Waals surface area contributed by atoms with Crippen LogP contribution in [0.4, 0.5) is 0 Å². The fourth-order valence-electron chi connectivity index (χ4n) is 3.11. The van der Waals surface area contributed by atoms with Gasteiger partial charge in [0.05, 0.1) is 0 Å². The molecule has 2 aliphatic heterocycles. The summed E-state index contributed by atoms with van der Waals surface area (Å²) < 4.78 is 0. The highest BCUT2D eigenvalue weighted by atomic mass is 16.2. The minimum Gasteiger partial charge on any atom is -0.329 e. The zero-order valence-corrected chi connectivity index (χ0v) is 13.7. The first-order valence-corrected chi connectivity index (χ1v) is 8.19. The SMILES string of the molecule is C[C@@H](CN)NCc1ccc2c(c1)CN(C1CCC(=O)NC1=O)C2=O. The van der Waals surface area contributed by atoms with Crippen molar-refractivity contribution in [2.75, 3.05) is 6.54 Å². The van der Waals surface area contributed by atoms with Crippen molar-refractivity contribution in [1.82, 2.24) is 15.5 Å². The Kier molecular flexibility index (Phi) is 4.64. The average Bonchev–Trinajstić information content (AvgIpc) is 2.89. The van der Waals surface area contributed by atoms with Gasteiger partial charge in [-0.05, 0) is 30.5 Å². The summed E-state index contributed by atoms with van der Waals surface area (Å²) in [6.07, 6.45) is 0.648. The number of benzene rings is 1. The molecule has 2 aliphatic rings. The Morgan fingerprint density at radius 2 is 2.17 bits per heavy atom. The molecule has 7 heteroatoms. The van der Waals surface area contributed by atoms with Crippen molar-refractivity contribution in [3.63, 3.8) is 0 Å². The largest absolute Gasteiger partial charge is 0.329 e. The minimum absolute atomic E-state index is 0.144. The molecular weight excluding hydrogens is 308 g/mol. The topological polar surface area (TPSA) is 105 Å². The number of fused-ring (bicyclic) bond motifs is 1. The maximum atomic E-state index is 12.6. The van der Waals surface area contributed by atoms with Crippen LogP contribution >= 0.6 is 0 Å². The van der Waals surface area contributed by atoms with Gasteiger partial charge in [-0.15, -0.1) is 0 Å². The molecule has 1 aromatic rings. The molecule has 1 unspecified atom stereocenters. The summed E-state index contributed by atoms with van der Waals surface area (Å²) in [5.74, 6) is -0.803. The number of imide groups is 1. The van der Waals surface area contributed by atoms with Crippen LogP contribution in [0.3, 0.4) is 0 Å². The van der Waals surface area contributed by atoms with Crippen LogP contribution in [-0.2, 0) is 22.7 Å². The Morgan fingerprint density at radius 3 is 2.88 bits per heavy atom. The number of nitrogens with two attached hydrogens (primary N) is 1. The molecule has 0 spiro atoms. The molecule has 24 heavy (non-hydrogen) atoms. The summed E-state index contributed by atoms with van der Waals surface area (Å²) in [6, 6.07) is 5.38. The molecule has 3 amide bonds. The van der Waals surface area contributed by atoms with E-state index in [2.05, 4.69) is 10.6 Å². The van der Waals surface area contributed by atoms with Gasteiger partial charge in [0.2, 0.25) is 11.8 Å². The van der Waals surface area contributed by atoms with E-state index in [0.29, 0.717) is 31.6 Å². The Balaban J connectivity index is 1.73. The standard InChI is InChI=1S/C17H22N4O3/c1-10(7-18)19-8-11-2-3-13-12(6-11)9-21(17(13)24)14-4-5-15(22)20-16(14)23/h2-3,6,10,14,19H,4-5,7-9,18H2,1H3,(H,20,22,23)/t10-,14?/m0/s1. The van der Waals surface area contributed by atoms with Crippen LogP contribution in [0, 0.1) is 0 Å². The predicted molar refractivity (Wildman–Crippen MR) is 87.8 cm³/mol. The summed E-state index contributed by atoms with van der Waals surface area (Å²) in [5, 5.41) is 5.62. The van der Waals surface area contributed by atoms with Crippen LogP contribution in [-0.4, -0.2) is 41.2 Å². The maximum absolute atomic E-state index is 12.6. The molecule has 0 saturated carbocycles. The smallest absolute Gasteiger partial charge is 0.255 e. The van der Waals surface area contributed by atoms with Crippen LogP contribution in [0.1, 0.15) is 41.3 Å². The molecule has 4 N–H and O–H groups in total. The zero-order chi connectivity index (χ0) is 17.3. The molecule has 1 aromatic carbocycles. The van der Waals surface area contributed by atoms with E-state index < -0.39 is 6.04 Å². The molecule has 3 rings (SSSR count). The third-order valence-electron chi connectivity index (χ3n) is 4.60. The number of amides is 3. The molecule has 0 aromatic heterocycles. The van der Waals surface area contributed by atoms with Crippen molar-refractivity contribution in [2.45, 2.75) is 44.9 Å². The van der Waals surface area contributed by atoms with E-state index in [1.165, 1.54) is 0 Å². The second kappa shape index (κ2) is 6.70. The molecular formula is C17H22N4O3. The second-order valence-corrected chi connectivity index (χ2v) is 6.41. The lowest BCUT2D eigenvalue weighted by Gasteiger charge is -2.29. The lowest BCUT2D eigenvalue weighted by Crippen LogP contribution is -2.52. The zero-order valence-electron chi connectivity index (χ0n) is 13.7. The molecule has 7 nitrogen and oxygen atoms in total. The molecule has 1 saturated heterocycles. The average molecular weight is 330 g/mol. The number of hydrogen-bond donors (Lipinski definition) is 3. The van der Waals surface area contributed by atoms with Crippen molar-refractivity contribution >= 4 is 17.7 Å². The van der Waals surface area contributed by atoms with E-state index in [-0.39, 0.29) is 30.2 Å². The van der Waals surface area contributed by atoms with Crippen molar-refractivity contribution in [3.05, 3.63) is 34.9 Å². The monoisotopic (exact) mass is 330 g/mol. The van der Waals surface area contributed by atoms with Gasteiger partial charge >= 0.3 is 0 Å². The van der Waals surface area contributed by atoms with E-state index in [4.69, 9.17) is 5.73 Å². The van der Waals surface area contributed by atoms with E-state index in [0.717, 1.165) is 11.1 Å². The van der Waals surface area contributed by atoms with Gasteiger partial charge < -0.3 is 16.0 Å². The Hall–Kier alpha value is -2.25. The molecule has 1 fully saturated rings. The van der Waals surface area contributed by atoms with Crippen molar-refractivity contribution < 1.29 is 14.4 Å². The molecule has 2 heterocycles. The van der Waals surface area contributed by atoms with Gasteiger partial charge in [0, 0.05) is 37.7 Å². The van der Waals surface area contributed by atoms with E-state index in [9.17, 15) is 14.4 Å². The molecule has 0 aliphatic carbocycles. The van der Waals surface area contributed by atoms with Gasteiger partial charge in [0.25, 0.3) is 5.91 Å². The number of nitrogens with one attached hydrogen (secondary N) is 2. The van der Waals surface area contributed by atoms with Gasteiger partial charge in [-0.1, -0.05) is 12.1 Å². The third kappa shape index (κ3) is 3.18. The Morgan fingerprint density at radius 1 is 1.38 bits per heavy atom. The predicted octanol–water partition coefficient (Wildman–Crippen LogP) is -0.116. The van der Waals surface area contributed by atoms with Crippen LogP contribution in [0.15, 0.2) is 18.2 Å². The first-order valence-electron chi connectivity index (χ1n) is 8.19. The van der Waals surface area contributed by atoms with E-state index in [1.54, 1.807) is 4.90 Å². The first kappa shape index (κ1) is 16.6. The number of carbonyl (C=O) groups excluding carboxylic acids is 3. The van der Waals surface area contributed by atoms with Gasteiger partial charge in [-0.25, -0.2) is 0 Å². The quantitative estimate of drug-likeness (QED) is 0.653. The third-order valence-corrected chi connectivity index (χ3v) is 4.60. The van der Waals surface area contributed by atoms with Crippen molar-refractivity contribution in [1.29, 1.82) is 0 Å². The highest BCUT2D eigenvalue weighted by Gasteiger charge is 2.38. The summed E-state index contributed by atoms with van der Waals surface area (Å²) in [4.78, 5) is 37.4. The minimum atomic E-state index is -0.568. The fraction of sp³-hybridized carbons (Fsp3) is 0.471. The van der Waals surface area contributed by atoms with Crippen LogP contribution < -0.4 is 16.4 Å². The molecule has 2 atom stereocenters. The first-order chi connectivity index (χ1) is 11.5. The van der Waals surface area contributed by atoms with Crippen LogP contribution in [0.25, 0.3) is 0 Å². The molecule has 0 bridgehead atoms. The van der Waals surface area contributed by atoms with Crippen LogP contribution in [0.5, 0.6) is 0 Å². The number of piperidine rings is 1. The molecule has 128 valence electrons. The van der Waals surface area contributed by atoms with Gasteiger partial charge in [0.15, 0.2) is 0 Å². The van der Waals surface area contributed by atoms with Crippen molar-refractivity contribution in [3.8, 4) is 0 Å². The summed E-state index contributed by atoms with van der Waals surface area (Å²) in [5.41, 5.74) is 8.22. The lowest BCUT2D eigenvalue weighted by atomic mass is 10.0. The Bertz CT molecular complexity index is 688. The molecule has 0 radical (unpaired) electrons. The fourth-order valence-corrected chi connectivity index (χ4v) is 3.11.